The van der Waals surface area contributed by atoms with Crippen LogP contribution in [-0.4, -0.2) is 40.4 Å². The zero-order valence-corrected chi connectivity index (χ0v) is 21.4. The molecule has 0 saturated heterocycles. The third kappa shape index (κ3) is 8.31. The maximum Gasteiger partial charge on any atom is 0.191 e. The number of guanidine groups is 1. The van der Waals surface area contributed by atoms with Crippen molar-refractivity contribution in [3.05, 3.63) is 41.5 Å². The third-order valence-corrected chi connectivity index (χ3v) is 5.85. The Morgan fingerprint density at radius 1 is 1.13 bits per heavy atom. The lowest BCUT2D eigenvalue weighted by molar-refractivity contribution is 0.409. The van der Waals surface area contributed by atoms with Crippen LogP contribution in [0.4, 0.5) is 0 Å². The van der Waals surface area contributed by atoms with E-state index >= 15 is 0 Å². The Hall–Kier alpha value is -1.84. The number of aromatic nitrogens is 3. The summed E-state index contributed by atoms with van der Waals surface area (Å²) in [6.45, 7) is 3.40. The summed E-state index contributed by atoms with van der Waals surface area (Å²) in [5, 5.41) is 15.5. The average molecular weight is 540 g/mol. The van der Waals surface area contributed by atoms with Gasteiger partial charge in [0.2, 0.25) is 0 Å². The second-order valence-electron chi connectivity index (χ2n) is 8.10. The fraction of sp³-hybridized carbons (Fsp3) is 0.609. The van der Waals surface area contributed by atoms with E-state index in [1.54, 1.807) is 7.11 Å². The lowest BCUT2D eigenvalue weighted by Crippen LogP contribution is -2.44. The Morgan fingerprint density at radius 3 is 2.52 bits per heavy atom. The fourth-order valence-corrected chi connectivity index (χ4v) is 3.78. The number of nitrogens with zero attached hydrogens (tertiary/aromatic N) is 4. The van der Waals surface area contributed by atoms with E-state index in [0.717, 1.165) is 49.2 Å². The van der Waals surface area contributed by atoms with Gasteiger partial charge in [-0.2, -0.15) is 0 Å². The first-order valence-electron chi connectivity index (χ1n) is 11.2. The lowest BCUT2D eigenvalue weighted by Gasteiger charge is -2.25. The van der Waals surface area contributed by atoms with Crippen molar-refractivity contribution in [1.29, 1.82) is 0 Å². The second-order valence-corrected chi connectivity index (χ2v) is 8.10. The van der Waals surface area contributed by atoms with E-state index in [-0.39, 0.29) is 24.0 Å². The normalized spacial score (nSPS) is 14.7. The number of aliphatic imine (C=N–C) groups is 1. The molecule has 1 aromatic heterocycles. The molecule has 0 spiro atoms. The number of halogens is 1. The number of ether oxygens (including phenoxy) is 1. The van der Waals surface area contributed by atoms with E-state index in [4.69, 9.17) is 9.73 Å². The number of nitrogens with one attached hydrogen (secondary N) is 2. The van der Waals surface area contributed by atoms with Gasteiger partial charge in [-0.25, -0.2) is 4.99 Å². The van der Waals surface area contributed by atoms with Crippen LogP contribution < -0.4 is 15.4 Å². The summed E-state index contributed by atoms with van der Waals surface area (Å²) < 4.78 is 7.22. The van der Waals surface area contributed by atoms with Gasteiger partial charge in [0.25, 0.3) is 0 Å². The molecule has 0 amide bonds. The van der Waals surface area contributed by atoms with Gasteiger partial charge in [-0.3, -0.25) is 0 Å². The van der Waals surface area contributed by atoms with Crippen molar-refractivity contribution >= 4 is 29.9 Å². The highest BCUT2D eigenvalue weighted by Crippen LogP contribution is 2.17. The molecule has 1 heterocycles. The molecule has 1 aromatic carbocycles. The predicted molar refractivity (Wildman–Crippen MR) is 136 cm³/mol. The number of aryl methyl sites for hydroxylation is 2. The van der Waals surface area contributed by atoms with Gasteiger partial charge in [0.05, 0.1) is 7.11 Å². The number of hydrogen-bond donors (Lipinski definition) is 2. The molecular formula is C23H37IN6O. The topological polar surface area (TPSA) is 76.4 Å². The van der Waals surface area contributed by atoms with E-state index in [2.05, 4.69) is 33.0 Å². The SMILES string of the molecule is COc1ccc(CCCCNC(=NCc2nnc(C)n2C)NC2CCCCC2)cc1.I. The minimum Gasteiger partial charge on any atom is -0.497 e. The van der Waals surface area contributed by atoms with Crippen molar-refractivity contribution in [2.75, 3.05) is 13.7 Å². The largest absolute Gasteiger partial charge is 0.497 e. The molecule has 0 bridgehead atoms. The molecule has 1 aliphatic rings. The fourth-order valence-electron chi connectivity index (χ4n) is 3.78. The molecule has 0 aliphatic heterocycles. The van der Waals surface area contributed by atoms with Crippen molar-refractivity contribution in [2.45, 2.75) is 70.9 Å². The average Bonchev–Trinajstić information content (AvgIpc) is 3.10. The van der Waals surface area contributed by atoms with Crippen LogP contribution in [0, 0.1) is 6.92 Å². The maximum absolute atomic E-state index is 5.22. The van der Waals surface area contributed by atoms with Gasteiger partial charge in [0.1, 0.15) is 18.1 Å². The Morgan fingerprint density at radius 2 is 1.87 bits per heavy atom. The van der Waals surface area contributed by atoms with Crippen molar-refractivity contribution in [3.63, 3.8) is 0 Å². The van der Waals surface area contributed by atoms with Crippen LogP contribution in [0.5, 0.6) is 5.75 Å². The highest BCUT2D eigenvalue weighted by Gasteiger charge is 2.15. The molecule has 2 aromatic rings. The number of hydrogen-bond acceptors (Lipinski definition) is 4. The van der Waals surface area contributed by atoms with E-state index in [9.17, 15) is 0 Å². The standard InChI is InChI=1S/C23H36N6O.HI/c1-18-27-28-22(29(18)2)17-25-23(26-20-10-5-4-6-11-20)24-16-8-7-9-19-12-14-21(30-3)15-13-19;/h12-15,20H,4-11,16-17H2,1-3H3,(H2,24,25,26);1H. The highest BCUT2D eigenvalue weighted by molar-refractivity contribution is 14.0. The van der Waals surface area contributed by atoms with Crippen molar-refractivity contribution in [1.82, 2.24) is 25.4 Å². The summed E-state index contributed by atoms with van der Waals surface area (Å²) in [6, 6.07) is 8.87. The van der Waals surface area contributed by atoms with Crippen LogP contribution in [-0.2, 0) is 20.0 Å². The van der Waals surface area contributed by atoms with Gasteiger partial charge in [0.15, 0.2) is 11.8 Å². The predicted octanol–water partition coefficient (Wildman–Crippen LogP) is 4.14. The monoisotopic (exact) mass is 540 g/mol. The molecule has 0 unspecified atom stereocenters. The van der Waals surface area contributed by atoms with Crippen molar-refractivity contribution in [3.8, 4) is 5.75 Å². The Kier molecular flexibility index (Phi) is 11.1. The Balaban J connectivity index is 0.00000341. The molecule has 1 aliphatic carbocycles. The van der Waals surface area contributed by atoms with Crippen molar-refractivity contribution < 1.29 is 4.74 Å². The maximum atomic E-state index is 5.22. The van der Waals surface area contributed by atoms with E-state index in [0.29, 0.717) is 12.6 Å². The molecule has 8 heteroatoms. The summed E-state index contributed by atoms with van der Waals surface area (Å²) in [5.41, 5.74) is 1.35. The first kappa shape index (κ1) is 25.4. The zero-order valence-electron chi connectivity index (χ0n) is 19.1. The minimum absolute atomic E-state index is 0. The van der Waals surface area contributed by atoms with Gasteiger partial charge in [0, 0.05) is 19.6 Å². The molecule has 172 valence electrons. The lowest BCUT2D eigenvalue weighted by atomic mass is 9.96. The van der Waals surface area contributed by atoms with Crippen molar-refractivity contribution in [2.24, 2.45) is 12.0 Å². The number of rotatable bonds is 9. The Bertz CT molecular complexity index is 799. The first-order chi connectivity index (χ1) is 14.7. The molecular weight excluding hydrogens is 503 g/mol. The molecule has 31 heavy (non-hydrogen) atoms. The van der Waals surface area contributed by atoms with Gasteiger partial charge in [-0.1, -0.05) is 31.4 Å². The molecule has 2 N–H and O–H groups in total. The van der Waals surface area contributed by atoms with Crippen LogP contribution in [0.3, 0.4) is 0 Å². The molecule has 7 nitrogen and oxygen atoms in total. The molecule has 0 atom stereocenters. The van der Waals surface area contributed by atoms with Gasteiger partial charge in [-0.15, -0.1) is 34.2 Å². The zero-order chi connectivity index (χ0) is 21.2. The van der Waals surface area contributed by atoms with Gasteiger partial charge >= 0.3 is 0 Å². The third-order valence-electron chi connectivity index (χ3n) is 5.85. The Labute approximate surface area is 203 Å². The van der Waals surface area contributed by atoms with Crippen LogP contribution in [0.2, 0.25) is 0 Å². The number of unbranched alkanes of at least 4 members (excludes halogenated alkanes) is 1. The number of benzene rings is 1. The summed E-state index contributed by atoms with van der Waals surface area (Å²) in [6.07, 6.45) is 9.71. The minimum atomic E-state index is 0. The van der Waals surface area contributed by atoms with Gasteiger partial charge in [-0.05, 0) is 56.7 Å². The summed E-state index contributed by atoms with van der Waals surface area (Å²) >= 11 is 0. The summed E-state index contributed by atoms with van der Waals surface area (Å²) in [7, 11) is 3.69. The summed E-state index contributed by atoms with van der Waals surface area (Å²) in [4.78, 5) is 4.79. The van der Waals surface area contributed by atoms with Crippen LogP contribution >= 0.6 is 24.0 Å². The van der Waals surface area contributed by atoms with E-state index in [1.165, 1.54) is 37.7 Å². The summed E-state index contributed by atoms with van der Waals surface area (Å²) in [5.74, 6) is 3.60. The van der Waals surface area contributed by atoms with Crippen LogP contribution in [0.1, 0.15) is 62.2 Å². The quantitative estimate of drug-likeness (QED) is 0.217. The molecule has 0 radical (unpaired) electrons. The highest BCUT2D eigenvalue weighted by atomic mass is 127. The second kappa shape index (κ2) is 13.5. The molecule has 3 rings (SSSR count). The number of methoxy groups -OCH3 is 1. The molecule has 1 saturated carbocycles. The smallest absolute Gasteiger partial charge is 0.191 e. The van der Waals surface area contributed by atoms with E-state index in [1.807, 2.05) is 30.7 Å². The van der Waals surface area contributed by atoms with E-state index < -0.39 is 0 Å². The molecule has 1 fully saturated rings. The van der Waals surface area contributed by atoms with Crippen LogP contribution in [0.25, 0.3) is 0 Å². The first-order valence-corrected chi connectivity index (χ1v) is 11.2. The van der Waals surface area contributed by atoms with Gasteiger partial charge < -0.3 is 19.9 Å². The van der Waals surface area contributed by atoms with Crippen LogP contribution in [0.15, 0.2) is 29.3 Å².